The van der Waals surface area contributed by atoms with Gasteiger partial charge < -0.3 is 20.2 Å². The van der Waals surface area contributed by atoms with Crippen LogP contribution in [-0.2, 0) is 9.59 Å². The van der Waals surface area contributed by atoms with Crippen LogP contribution >= 0.6 is 11.3 Å². The van der Waals surface area contributed by atoms with Gasteiger partial charge in [-0.3, -0.25) is 9.59 Å². The number of carboxylic acids is 1. The largest absolute Gasteiger partial charge is 0.477 e. The quantitative estimate of drug-likeness (QED) is 0.469. The van der Waals surface area contributed by atoms with Crippen molar-refractivity contribution in [2.75, 3.05) is 38.5 Å². The van der Waals surface area contributed by atoms with Gasteiger partial charge in [0.05, 0.1) is 10.6 Å². The first kappa shape index (κ1) is 26.2. The number of rotatable bonds is 6. The van der Waals surface area contributed by atoms with Gasteiger partial charge >= 0.3 is 5.97 Å². The lowest BCUT2D eigenvalue weighted by atomic mass is 9.79. The highest BCUT2D eigenvalue weighted by atomic mass is 32.1. The van der Waals surface area contributed by atoms with E-state index in [-0.39, 0.29) is 27.9 Å². The molecule has 2 N–H and O–H groups in total. The number of anilines is 1. The molecule has 7 nitrogen and oxygen atoms in total. The van der Waals surface area contributed by atoms with E-state index in [0.717, 1.165) is 50.1 Å². The molecule has 1 atom stereocenters. The van der Waals surface area contributed by atoms with Crippen molar-refractivity contribution in [3.8, 4) is 11.8 Å². The van der Waals surface area contributed by atoms with Gasteiger partial charge in [0.1, 0.15) is 4.88 Å². The van der Waals surface area contributed by atoms with Gasteiger partial charge in [-0.05, 0) is 52.6 Å². The summed E-state index contributed by atoms with van der Waals surface area (Å²) < 4.78 is 0. The Morgan fingerprint density at radius 2 is 1.74 bits per heavy atom. The first-order valence-corrected chi connectivity index (χ1v) is 12.9. The van der Waals surface area contributed by atoms with Gasteiger partial charge in [-0.25, -0.2) is 4.79 Å². The minimum Gasteiger partial charge on any atom is -0.477 e. The van der Waals surface area contributed by atoms with Crippen LogP contribution in [0.2, 0.25) is 0 Å². The van der Waals surface area contributed by atoms with Crippen molar-refractivity contribution in [2.24, 2.45) is 17.3 Å². The zero-order valence-corrected chi connectivity index (χ0v) is 21.8. The van der Waals surface area contributed by atoms with E-state index in [2.05, 4.69) is 29.0 Å². The second-order valence-electron chi connectivity index (χ2n) is 10.7. The lowest BCUT2D eigenvalue weighted by Gasteiger charge is -2.36. The zero-order chi connectivity index (χ0) is 25.0. The normalized spacial score (nSPS) is 22.4. The van der Waals surface area contributed by atoms with Gasteiger partial charge in [0.15, 0.2) is 11.8 Å². The van der Waals surface area contributed by atoms with Crippen LogP contribution in [0.4, 0.5) is 5.69 Å². The second-order valence-corrected chi connectivity index (χ2v) is 11.8. The van der Waals surface area contributed by atoms with Gasteiger partial charge in [0, 0.05) is 37.5 Å². The van der Waals surface area contributed by atoms with Crippen LogP contribution in [0.15, 0.2) is 6.07 Å². The van der Waals surface area contributed by atoms with E-state index < -0.39 is 12.0 Å². The molecule has 2 heterocycles. The minimum atomic E-state index is -1.10. The molecule has 2 aliphatic rings. The SMILES string of the molecule is CC1CCC(C(=O)C(Nc2cc(C#CC(C)(C)C)sc2C(=O)O)C(=O)N2CCN(C)CC2)CC1. The molecule has 0 aromatic carbocycles. The fourth-order valence-electron chi connectivity index (χ4n) is 4.37. The van der Waals surface area contributed by atoms with E-state index in [0.29, 0.717) is 29.6 Å². The van der Waals surface area contributed by atoms with Gasteiger partial charge in [-0.15, -0.1) is 11.3 Å². The number of hydrogen-bond donors (Lipinski definition) is 2. The Morgan fingerprint density at radius 3 is 2.29 bits per heavy atom. The molecule has 3 rings (SSSR count). The Kier molecular flexibility index (Phi) is 8.43. The third-order valence-corrected chi connectivity index (χ3v) is 7.59. The number of nitrogens with one attached hydrogen (secondary N) is 1. The number of ketones is 1. The van der Waals surface area contributed by atoms with Crippen molar-refractivity contribution in [3.05, 3.63) is 15.8 Å². The van der Waals surface area contributed by atoms with Gasteiger partial charge in [-0.2, -0.15) is 0 Å². The van der Waals surface area contributed by atoms with Crippen LogP contribution < -0.4 is 5.32 Å². The molecule has 2 fully saturated rings. The molecule has 1 aromatic heterocycles. The molecular formula is C26H37N3O4S. The van der Waals surface area contributed by atoms with Crippen LogP contribution in [0, 0.1) is 29.1 Å². The van der Waals surface area contributed by atoms with Gasteiger partial charge in [-0.1, -0.05) is 31.6 Å². The van der Waals surface area contributed by atoms with Gasteiger partial charge in [0.25, 0.3) is 5.91 Å². The van der Waals surface area contributed by atoms with Crippen molar-refractivity contribution in [2.45, 2.75) is 59.4 Å². The van der Waals surface area contributed by atoms with Gasteiger partial charge in [0.2, 0.25) is 0 Å². The highest BCUT2D eigenvalue weighted by Gasteiger charge is 2.38. The number of carboxylic acid groups (broad SMARTS) is 1. The number of thiophene rings is 1. The van der Waals surface area contributed by atoms with Crippen molar-refractivity contribution in [1.82, 2.24) is 9.80 Å². The molecule has 1 unspecified atom stereocenters. The third-order valence-electron chi connectivity index (χ3n) is 6.55. The van der Waals surface area contributed by atoms with Crippen LogP contribution in [0.1, 0.15) is 67.9 Å². The molecule has 1 saturated heterocycles. The number of carbonyl (C=O) groups excluding carboxylic acids is 2. The predicted molar refractivity (Wildman–Crippen MR) is 135 cm³/mol. The fourth-order valence-corrected chi connectivity index (χ4v) is 5.18. The maximum atomic E-state index is 13.6. The summed E-state index contributed by atoms with van der Waals surface area (Å²) in [6.07, 6.45) is 3.48. The highest BCUT2D eigenvalue weighted by Crippen LogP contribution is 2.32. The van der Waals surface area contributed by atoms with E-state index in [4.69, 9.17) is 0 Å². The molecule has 1 amide bonds. The summed E-state index contributed by atoms with van der Waals surface area (Å²) in [5, 5.41) is 12.9. The highest BCUT2D eigenvalue weighted by molar-refractivity contribution is 7.15. The molecule has 1 aliphatic carbocycles. The predicted octanol–water partition coefficient (Wildman–Crippen LogP) is 3.79. The number of nitrogens with zero attached hydrogens (tertiary/aromatic N) is 2. The van der Waals surface area contributed by atoms with E-state index in [1.807, 2.05) is 27.8 Å². The number of carbonyl (C=O) groups is 3. The molecular weight excluding hydrogens is 450 g/mol. The summed E-state index contributed by atoms with van der Waals surface area (Å²) in [5.41, 5.74) is 0.0651. The summed E-state index contributed by atoms with van der Waals surface area (Å²) in [5.74, 6) is 5.09. The molecule has 1 saturated carbocycles. The van der Waals surface area contributed by atoms with Crippen LogP contribution in [0.25, 0.3) is 0 Å². The molecule has 186 valence electrons. The van der Waals surface area contributed by atoms with Crippen molar-refractivity contribution in [1.29, 1.82) is 0 Å². The molecule has 0 spiro atoms. The van der Waals surface area contributed by atoms with Crippen molar-refractivity contribution < 1.29 is 19.5 Å². The van der Waals surface area contributed by atoms with Crippen molar-refractivity contribution in [3.63, 3.8) is 0 Å². The molecule has 8 heteroatoms. The lowest BCUT2D eigenvalue weighted by Crippen LogP contribution is -2.55. The number of amides is 1. The van der Waals surface area contributed by atoms with Crippen LogP contribution in [-0.4, -0.2) is 71.8 Å². The topological polar surface area (TPSA) is 89.9 Å². The molecule has 1 aromatic rings. The van der Waals surface area contributed by atoms with Crippen molar-refractivity contribution >= 4 is 34.7 Å². The van der Waals surface area contributed by atoms with Crippen LogP contribution in [0.3, 0.4) is 0 Å². The standard InChI is InChI=1S/C26H37N3O4S/c1-17-6-8-18(9-7-17)22(30)21(24(31)29-14-12-28(5)13-15-29)27-20-16-19(10-11-26(2,3)4)34-23(20)25(32)33/h16-18,21,27H,6-9,12-15H2,1-5H3,(H,32,33). The van der Waals surface area contributed by atoms with E-state index in [1.165, 1.54) is 0 Å². The molecule has 0 radical (unpaired) electrons. The Balaban J connectivity index is 1.90. The number of aromatic carboxylic acids is 1. The van der Waals surface area contributed by atoms with E-state index >= 15 is 0 Å². The minimum absolute atomic E-state index is 0.0689. The first-order chi connectivity index (χ1) is 15.9. The zero-order valence-electron chi connectivity index (χ0n) is 20.9. The number of hydrogen-bond acceptors (Lipinski definition) is 6. The van der Waals surface area contributed by atoms with Crippen LogP contribution in [0.5, 0.6) is 0 Å². The third kappa shape index (κ3) is 6.83. The van der Waals surface area contributed by atoms with E-state index in [9.17, 15) is 19.5 Å². The number of Topliss-reactive ketones (excluding diaryl/α,β-unsaturated/α-hetero) is 1. The number of likely N-dealkylation sites (N-methyl/N-ethyl adjacent to an activating group) is 1. The molecule has 0 bridgehead atoms. The molecule has 34 heavy (non-hydrogen) atoms. The lowest BCUT2D eigenvalue weighted by molar-refractivity contribution is -0.139. The summed E-state index contributed by atoms with van der Waals surface area (Å²) >= 11 is 1.07. The Bertz CT molecular complexity index is 934. The Labute approximate surface area is 206 Å². The first-order valence-electron chi connectivity index (χ1n) is 12.1. The summed E-state index contributed by atoms with van der Waals surface area (Å²) in [6, 6.07) is 0.575. The van der Waals surface area contributed by atoms with E-state index in [1.54, 1.807) is 11.0 Å². The number of piperazine rings is 1. The summed E-state index contributed by atoms with van der Waals surface area (Å²) in [6.45, 7) is 10.8. The smallest absolute Gasteiger partial charge is 0.348 e. The average molecular weight is 488 g/mol. The fraction of sp³-hybridized carbons (Fsp3) is 0.654. The maximum absolute atomic E-state index is 13.6. The average Bonchev–Trinajstić information content (AvgIpc) is 3.19. The summed E-state index contributed by atoms with van der Waals surface area (Å²) in [4.78, 5) is 43.7. The maximum Gasteiger partial charge on any atom is 0.348 e. The summed E-state index contributed by atoms with van der Waals surface area (Å²) in [7, 11) is 2.01. The Hall–Kier alpha value is -2.37. The molecule has 1 aliphatic heterocycles. The Morgan fingerprint density at radius 1 is 1.12 bits per heavy atom. The second kappa shape index (κ2) is 10.9. The monoisotopic (exact) mass is 487 g/mol.